The Morgan fingerprint density at radius 1 is 1.11 bits per heavy atom. The molecule has 1 N–H and O–H groups in total. The number of nitrogens with zero attached hydrogens (tertiary/aromatic N) is 5. The van der Waals surface area contributed by atoms with Gasteiger partial charge in [-0.15, -0.1) is 0 Å². The third-order valence-corrected chi connectivity index (χ3v) is 4.39. The number of hydrogen-bond acceptors (Lipinski definition) is 7. The number of morpholine rings is 1. The van der Waals surface area contributed by atoms with Gasteiger partial charge in [-0.25, -0.2) is 15.0 Å². The Morgan fingerprint density at radius 2 is 2.00 bits per heavy atom. The van der Waals surface area contributed by atoms with Crippen molar-refractivity contribution in [1.82, 2.24) is 19.9 Å². The molecule has 0 radical (unpaired) electrons. The number of aryl methyl sites for hydroxylation is 1. The maximum atomic E-state index is 5.40. The lowest BCUT2D eigenvalue weighted by Crippen LogP contribution is -2.36. The summed E-state index contributed by atoms with van der Waals surface area (Å²) in [7, 11) is 0. The van der Waals surface area contributed by atoms with Gasteiger partial charge in [-0.2, -0.15) is 0 Å². The van der Waals surface area contributed by atoms with Gasteiger partial charge in [-0.1, -0.05) is 6.07 Å². The number of ether oxygens (including phenoxy) is 1. The van der Waals surface area contributed by atoms with Crippen LogP contribution in [-0.4, -0.2) is 46.2 Å². The Balaban J connectivity index is 1.50. The molecule has 27 heavy (non-hydrogen) atoms. The van der Waals surface area contributed by atoms with E-state index in [9.17, 15) is 0 Å². The molecule has 1 fully saturated rings. The lowest BCUT2D eigenvalue weighted by Gasteiger charge is -2.27. The van der Waals surface area contributed by atoms with Crippen molar-refractivity contribution in [3.05, 3.63) is 60.2 Å². The van der Waals surface area contributed by atoms with E-state index in [1.54, 1.807) is 6.20 Å². The van der Waals surface area contributed by atoms with Crippen LogP contribution >= 0.6 is 0 Å². The van der Waals surface area contributed by atoms with Crippen LogP contribution in [0.2, 0.25) is 0 Å². The smallest absolute Gasteiger partial charge is 0.163 e. The summed E-state index contributed by atoms with van der Waals surface area (Å²) >= 11 is 0. The van der Waals surface area contributed by atoms with Gasteiger partial charge in [0.15, 0.2) is 5.82 Å². The summed E-state index contributed by atoms with van der Waals surface area (Å²) in [6, 6.07) is 9.94. The Kier molecular flexibility index (Phi) is 5.20. The monoisotopic (exact) mass is 362 g/mol. The van der Waals surface area contributed by atoms with Crippen LogP contribution in [0, 0.1) is 6.92 Å². The standard InChI is InChI=1S/C20H22N6O/c1-15-11-18(22-13-16-3-2-6-21-12-16)25-20(24-15)17-4-5-19(23-14-17)26-7-9-27-10-8-26/h2-6,11-12,14H,7-10,13H2,1H3,(H,22,24,25). The van der Waals surface area contributed by atoms with Crippen LogP contribution in [0.4, 0.5) is 11.6 Å². The van der Waals surface area contributed by atoms with Gasteiger partial charge in [0.1, 0.15) is 11.6 Å². The summed E-state index contributed by atoms with van der Waals surface area (Å²) in [5, 5.41) is 3.34. The molecule has 0 saturated carbocycles. The summed E-state index contributed by atoms with van der Waals surface area (Å²) in [5.41, 5.74) is 2.91. The van der Waals surface area contributed by atoms with E-state index in [1.807, 2.05) is 49.6 Å². The lowest BCUT2D eigenvalue weighted by atomic mass is 10.2. The van der Waals surface area contributed by atoms with E-state index in [0.29, 0.717) is 12.4 Å². The summed E-state index contributed by atoms with van der Waals surface area (Å²) in [4.78, 5) is 20.2. The summed E-state index contributed by atoms with van der Waals surface area (Å²) in [6.45, 7) is 5.87. The molecule has 3 aromatic rings. The van der Waals surface area contributed by atoms with Crippen LogP contribution in [0.3, 0.4) is 0 Å². The average Bonchev–Trinajstić information content (AvgIpc) is 2.73. The second-order valence-electron chi connectivity index (χ2n) is 6.44. The largest absolute Gasteiger partial charge is 0.378 e. The molecule has 0 bridgehead atoms. The molecular weight excluding hydrogens is 340 g/mol. The first-order chi connectivity index (χ1) is 13.3. The first-order valence-corrected chi connectivity index (χ1v) is 9.05. The van der Waals surface area contributed by atoms with E-state index in [2.05, 4.69) is 30.2 Å². The van der Waals surface area contributed by atoms with Crippen LogP contribution in [0.15, 0.2) is 48.9 Å². The number of nitrogens with one attached hydrogen (secondary N) is 1. The van der Waals surface area contributed by atoms with Gasteiger partial charge in [0.05, 0.1) is 13.2 Å². The van der Waals surface area contributed by atoms with Gasteiger partial charge < -0.3 is 15.0 Å². The lowest BCUT2D eigenvalue weighted by molar-refractivity contribution is 0.122. The van der Waals surface area contributed by atoms with Gasteiger partial charge in [0.25, 0.3) is 0 Å². The Bertz CT molecular complexity index is 879. The van der Waals surface area contributed by atoms with Crippen LogP contribution < -0.4 is 10.2 Å². The van der Waals surface area contributed by atoms with E-state index >= 15 is 0 Å². The maximum Gasteiger partial charge on any atom is 0.163 e. The van der Waals surface area contributed by atoms with Crippen molar-refractivity contribution >= 4 is 11.6 Å². The molecule has 4 rings (SSSR count). The predicted molar refractivity (Wildman–Crippen MR) is 105 cm³/mol. The number of pyridine rings is 2. The first-order valence-electron chi connectivity index (χ1n) is 9.05. The number of anilines is 2. The van der Waals surface area contributed by atoms with Gasteiger partial charge in [0, 0.05) is 55.5 Å². The molecule has 4 heterocycles. The highest BCUT2D eigenvalue weighted by Gasteiger charge is 2.13. The molecule has 1 aliphatic rings. The highest BCUT2D eigenvalue weighted by molar-refractivity contribution is 5.58. The van der Waals surface area contributed by atoms with Crippen molar-refractivity contribution in [1.29, 1.82) is 0 Å². The number of aromatic nitrogens is 4. The molecule has 0 unspecified atom stereocenters. The fourth-order valence-electron chi connectivity index (χ4n) is 2.98. The third kappa shape index (κ3) is 4.38. The molecule has 0 amide bonds. The van der Waals surface area contributed by atoms with Gasteiger partial charge in [0.2, 0.25) is 0 Å². The van der Waals surface area contributed by atoms with Gasteiger partial charge in [-0.3, -0.25) is 4.98 Å². The van der Waals surface area contributed by atoms with Crippen molar-refractivity contribution in [3.63, 3.8) is 0 Å². The fraction of sp³-hybridized carbons (Fsp3) is 0.300. The van der Waals surface area contributed by atoms with Crippen LogP contribution in [0.5, 0.6) is 0 Å². The zero-order chi connectivity index (χ0) is 18.5. The molecule has 0 atom stereocenters. The van der Waals surface area contributed by atoms with E-state index in [-0.39, 0.29) is 0 Å². The molecule has 0 aliphatic carbocycles. The van der Waals surface area contributed by atoms with Gasteiger partial charge >= 0.3 is 0 Å². The van der Waals surface area contributed by atoms with E-state index in [1.165, 1.54) is 0 Å². The highest BCUT2D eigenvalue weighted by atomic mass is 16.5. The molecule has 0 spiro atoms. The van der Waals surface area contributed by atoms with E-state index in [4.69, 9.17) is 4.74 Å². The first kappa shape index (κ1) is 17.4. The Hall–Kier alpha value is -3.06. The predicted octanol–water partition coefficient (Wildman–Crippen LogP) is 2.69. The molecular formula is C20H22N6O. The molecule has 138 valence electrons. The maximum absolute atomic E-state index is 5.40. The minimum absolute atomic E-state index is 0.665. The van der Waals surface area contributed by atoms with Crippen LogP contribution in [-0.2, 0) is 11.3 Å². The second-order valence-corrected chi connectivity index (χ2v) is 6.44. The summed E-state index contributed by atoms with van der Waals surface area (Å²) in [6.07, 6.45) is 5.45. The van der Waals surface area contributed by atoms with Crippen LogP contribution in [0.1, 0.15) is 11.3 Å². The van der Waals surface area contributed by atoms with E-state index in [0.717, 1.165) is 54.8 Å². The minimum Gasteiger partial charge on any atom is -0.378 e. The molecule has 7 heteroatoms. The minimum atomic E-state index is 0.665. The third-order valence-electron chi connectivity index (χ3n) is 4.39. The van der Waals surface area contributed by atoms with Crippen molar-refractivity contribution < 1.29 is 4.74 Å². The zero-order valence-corrected chi connectivity index (χ0v) is 15.3. The topological polar surface area (TPSA) is 76.1 Å². The normalized spacial score (nSPS) is 14.2. The molecule has 7 nitrogen and oxygen atoms in total. The molecule has 3 aromatic heterocycles. The number of rotatable bonds is 5. The van der Waals surface area contributed by atoms with Crippen molar-refractivity contribution in [2.75, 3.05) is 36.5 Å². The highest BCUT2D eigenvalue weighted by Crippen LogP contribution is 2.20. The summed E-state index contributed by atoms with van der Waals surface area (Å²) < 4.78 is 5.40. The quantitative estimate of drug-likeness (QED) is 0.748. The van der Waals surface area contributed by atoms with Crippen molar-refractivity contribution in [3.8, 4) is 11.4 Å². The summed E-state index contributed by atoms with van der Waals surface area (Å²) in [5.74, 6) is 2.42. The van der Waals surface area contributed by atoms with Gasteiger partial charge in [-0.05, 0) is 30.7 Å². The molecule has 0 aromatic carbocycles. The number of hydrogen-bond donors (Lipinski definition) is 1. The van der Waals surface area contributed by atoms with Crippen molar-refractivity contribution in [2.45, 2.75) is 13.5 Å². The zero-order valence-electron chi connectivity index (χ0n) is 15.3. The molecule has 1 saturated heterocycles. The molecule has 1 aliphatic heterocycles. The Morgan fingerprint density at radius 3 is 2.74 bits per heavy atom. The second kappa shape index (κ2) is 8.09. The average molecular weight is 362 g/mol. The van der Waals surface area contributed by atoms with E-state index < -0.39 is 0 Å². The fourth-order valence-corrected chi connectivity index (χ4v) is 2.98. The SMILES string of the molecule is Cc1cc(NCc2cccnc2)nc(-c2ccc(N3CCOCC3)nc2)n1. The van der Waals surface area contributed by atoms with Crippen LogP contribution in [0.25, 0.3) is 11.4 Å². The Labute approximate surface area is 158 Å². The van der Waals surface area contributed by atoms with Crippen molar-refractivity contribution in [2.24, 2.45) is 0 Å².